The maximum atomic E-state index is 12.7. The van der Waals surface area contributed by atoms with Gasteiger partial charge in [0.2, 0.25) is 0 Å². The second-order valence-electron chi connectivity index (χ2n) is 6.80. The van der Waals surface area contributed by atoms with Crippen molar-refractivity contribution in [3.05, 3.63) is 83.9 Å². The number of hydrogen-bond donors (Lipinski definition) is 1. The molecule has 3 aromatic carbocycles. The Kier molecular flexibility index (Phi) is 5.69. The van der Waals surface area contributed by atoms with Crippen LogP contribution < -0.4 is 0 Å². The van der Waals surface area contributed by atoms with Gasteiger partial charge in [0.25, 0.3) is 0 Å². The fourth-order valence-electron chi connectivity index (χ4n) is 3.24. The smallest absolute Gasteiger partial charge is 0.312 e. The summed E-state index contributed by atoms with van der Waals surface area (Å²) in [6.07, 6.45) is -0.732. The molecule has 0 unspecified atom stereocenters. The van der Waals surface area contributed by atoms with Gasteiger partial charge in [-0.2, -0.15) is 0 Å². The van der Waals surface area contributed by atoms with E-state index >= 15 is 0 Å². The van der Waals surface area contributed by atoms with Gasteiger partial charge in [0.05, 0.1) is 18.1 Å². The maximum absolute atomic E-state index is 12.7. The first-order valence-corrected chi connectivity index (χ1v) is 8.96. The van der Waals surface area contributed by atoms with E-state index in [0.29, 0.717) is 6.42 Å². The zero-order chi connectivity index (χ0) is 18.5. The van der Waals surface area contributed by atoms with E-state index < -0.39 is 12.0 Å². The molecule has 0 saturated heterocycles. The molecule has 1 N–H and O–H groups in total. The number of aliphatic hydroxyl groups is 1. The second-order valence-corrected chi connectivity index (χ2v) is 6.80. The summed E-state index contributed by atoms with van der Waals surface area (Å²) in [6, 6.07) is 23.4. The van der Waals surface area contributed by atoms with Crippen LogP contribution in [0.25, 0.3) is 10.8 Å². The molecule has 2 atom stereocenters. The molecule has 0 aromatic heterocycles. The Hall–Kier alpha value is -2.65. The summed E-state index contributed by atoms with van der Waals surface area (Å²) in [4.78, 5) is 12.7. The van der Waals surface area contributed by atoms with Gasteiger partial charge in [-0.3, -0.25) is 4.79 Å². The zero-order valence-electron chi connectivity index (χ0n) is 15.1. The summed E-state index contributed by atoms with van der Waals surface area (Å²) < 4.78 is 5.44. The largest absolute Gasteiger partial charge is 0.463 e. The molecule has 0 aliphatic carbocycles. The lowest BCUT2D eigenvalue weighted by atomic mass is 9.87. The van der Waals surface area contributed by atoms with Crippen LogP contribution in [0.5, 0.6) is 0 Å². The van der Waals surface area contributed by atoms with Crippen molar-refractivity contribution >= 4 is 16.7 Å². The van der Waals surface area contributed by atoms with Gasteiger partial charge in [-0.1, -0.05) is 72.8 Å². The lowest BCUT2D eigenvalue weighted by Gasteiger charge is -2.24. The van der Waals surface area contributed by atoms with Crippen molar-refractivity contribution < 1.29 is 14.6 Å². The van der Waals surface area contributed by atoms with Gasteiger partial charge in [0, 0.05) is 0 Å². The summed E-state index contributed by atoms with van der Waals surface area (Å²) in [5.41, 5.74) is 1.75. The van der Waals surface area contributed by atoms with Crippen molar-refractivity contribution in [3.63, 3.8) is 0 Å². The van der Waals surface area contributed by atoms with Gasteiger partial charge >= 0.3 is 5.97 Å². The van der Waals surface area contributed by atoms with Gasteiger partial charge in [-0.25, -0.2) is 0 Å². The fourth-order valence-corrected chi connectivity index (χ4v) is 3.24. The highest BCUT2D eigenvalue weighted by Crippen LogP contribution is 2.32. The topological polar surface area (TPSA) is 46.5 Å². The molecule has 0 amide bonds. The van der Waals surface area contributed by atoms with Crippen LogP contribution in [-0.2, 0) is 16.0 Å². The monoisotopic (exact) mass is 348 g/mol. The van der Waals surface area contributed by atoms with Crippen LogP contribution in [-0.4, -0.2) is 17.2 Å². The predicted octanol–water partition coefficient (Wildman–Crippen LogP) is 4.68. The molecule has 0 bridgehead atoms. The third-order valence-electron chi connectivity index (χ3n) is 4.48. The molecule has 3 aromatic rings. The molecule has 0 heterocycles. The molecular formula is C23H24O3. The van der Waals surface area contributed by atoms with Crippen LogP contribution in [0.3, 0.4) is 0 Å². The number of rotatable bonds is 6. The Morgan fingerprint density at radius 3 is 2.31 bits per heavy atom. The lowest BCUT2D eigenvalue weighted by Crippen LogP contribution is -2.28. The lowest BCUT2D eigenvalue weighted by molar-refractivity contribution is -0.156. The van der Waals surface area contributed by atoms with Crippen LogP contribution in [0.2, 0.25) is 0 Å². The molecule has 3 nitrogen and oxygen atoms in total. The highest BCUT2D eigenvalue weighted by molar-refractivity contribution is 5.86. The number of carbonyl (C=O) groups excluding carboxylic acids is 1. The molecule has 0 radical (unpaired) electrons. The van der Waals surface area contributed by atoms with Gasteiger partial charge in [0.1, 0.15) is 0 Å². The minimum atomic E-state index is -0.937. The molecule has 134 valence electrons. The van der Waals surface area contributed by atoms with E-state index in [-0.39, 0.29) is 12.1 Å². The predicted molar refractivity (Wildman–Crippen MR) is 104 cm³/mol. The van der Waals surface area contributed by atoms with Crippen LogP contribution in [0.4, 0.5) is 0 Å². The van der Waals surface area contributed by atoms with Crippen molar-refractivity contribution in [3.8, 4) is 0 Å². The molecular weight excluding hydrogens is 324 g/mol. The number of ether oxygens (including phenoxy) is 1. The fraction of sp³-hybridized carbons (Fsp3) is 0.261. The number of aliphatic hydroxyl groups excluding tert-OH is 1. The highest BCUT2D eigenvalue weighted by atomic mass is 16.5. The van der Waals surface area contributed by atoms with E-state index in [1.54, 1.807) is 0 Å². The van der Waals surface area contributed by atoms with E-state index in [4.69, 9.17) is 4.74 Å². The van der Waals surface area contributed by atoms with Crippen molar-refractivity contribution in [2.75, 3.05) is 0 Å². The quantitative estimate of drug-likeness (QED) is 0.658. The molecule has 3 heteroatoms. The summed E-state index contributed by atoms with van der Waals surface area (Å²) in [5.74, 6) is -1.03. The molecule has 26 heavy (non-hydrogen) atoms. The van der Waals surface area contributed by atoms with E-state index in [0.717, 1.165) is 21.9 Å². The SMILES string of the molecule is CC(C)OC(=O)[C@H](Cc1ccccc1)[C@H](O)c1cccc2ccccc12. The van der Waals surface area contributed by atoms with E-state index in [2.05, 4.69) is 0 Å². The minimum absolute atomic E-state index is 0.222. The Bertz CT molecular complexity index is 866. The number of hydrogen-bond acceptors (Lipinski definition) is 3. The first-order chi connectivity index (χ1) is 12.6. The van der Waals surface area contributed by atoms with Crippen LogP contribution in [0, 0.1) is 5.92 Å². The average Bonchev–Trinajstić information content (AvgIpc) is 2.65. The summed E-state index contributed by atoms with van der Waals surface area (Å²) in [6.45, 7) is 3.64. The summed E-state index contributed by atoms with van der Waals surface area (Å²) in [7, 11) is 0. The van der Waals surface area contributed by atoms with E-state index in [9.17, 15) is 9.90 Å². The molecule has 0 aliphatic rings. The normalized spacial score (nSPS) is 13.5. The molecule has 0 fully saturated rings. The van der Waals surface area contributed by atoms with Gasteiger partial charge in [-0.15, -0.1) is 0 Å². The number of esters is 1. The minimum Gasteiger partial charge on any atom is -0.463 e. The van der Waals surface area contributed by atoms with Crippen molar-refractivity contribution in [1.29, 1.82) is 0 Å². The molecule has 0 spiro atoms. The third kappa shape index (κ3) is 4.12. The van der Waals surface area contributed by atoms with Crippen molar-refractivity contribution in [1.82, 2.24) is 0 Å². The molecule has 3 rings (SSSR count). The summed E-state index contributed by atoms with van der Waals surface area (Å²) in [5, 5.41) is 13.1. The van der Waals surface area contributed by atoms with Crippen LogP contribution >= 0.6 is 0 Å². The standard InChI is InChI=1S/C23H24O3/c1-16(2)26-23(25)21(15-17-9-4-3-5-10-17)22(24)20-14-8-12-18-11-6-7-13-19(18)20/h3-14,16,21-22,24H,15H2,1-2H3/t21-,22-/m1/s1. The van der Waals surface area contributed by atoms with E-state index in [1.165, 1.54) is 0 Å². The van der Waals surface area contributed by atoms with Crippen LogP contribution in [0.15, 0.2) is 72.8 Å². The Balaban J connectivity index is 1.98. The Morgan fingerprint density at radius 2 is 1.58 bits per heavy atom. The number of benzene rings is 3. The van der Waals surface area contributed by atoms with Crippen molar-refractivity contribution in [2.45, 2.75) is 32.5 Å². The zero-order valence-corrected chi connectivity index (χ0v) is 15.1. The van der Waals surface area contributed by atoms with Gasteiger partial charge in [0.15, 0.2) is 0 Å². The van der Waals surface area contributed by atoms with Gasteiger partial charge in [-0.05, 0) is 42.2 Å². The Labute approximate surface area is 154 Å². The maximum Gasteiger partial charge on any atom is 0.312 e. The number of fused-ring (bicyclic) bond motifs is 1. The molecule has 0 saturated carbocycles. The van der Waals surface area contributed by atoms with E-state index in [1.807, 2.05) is 86.6 Å². The van der Waals surface area contributed by atoms with Crippen molar-refractivity contribution in [2.24, 2.45) is 5.92 Å². The van der Waals surface area contributed by atoms with Crippen LogP contribution in [0.1, 0.15) is 31.1 Å². The second kappa shape index (κ2) is 8.15. The summed E-state index contributed by atoms with van der Waals surface area (Å²) >= 11 is 0. The highest BCUT2D eigenvalue weighted by Gasteiger charge is 2.31. The Morgan fingerprint density at radius 1 is 0.923 bits per heavy atom. The number of carbonyl (C=O) groups is 1. The average molecular weight is 348 g/mol. The molecule has 0 aliphatic heterocycles. The van der Waals surface area contributed by atoms with Gasteiger partial charge < -0.3 is 9.84 Å². The first kappa shape index (κ1) is 18.2. The first-order valence-electron chi connectivity index (χ1n) is 8.96. The third-order valence-corrected chi connectivity index (χ3v) is 4.48.